The van der Waals surface area contributed by atoms with Crippen molar-refractivity contribution in [2.24, 2.45) is 0 Å². The minimum Gasteiger partial charge on any atom is -0.505 e. The summed E-state index contributed by atoms with van der Waals surface area (Å²) < 4.78 is 4.90. The number of carbonyl (C=O) groups excluding carboxylic acids is 3. The number of carbonyl (C=O) groups is 3. The van der Waals surface area contributed by atoms with Gasteiger partial charge >= 0.3 is 0 Å². The molecule has 0 aliphatic carbocycles. The van der Waals surface area contributed by atoms with Gasteiger partial charge in [-0.3, -0.25) is 19.3 Å². The zero-order valence-corrected chi connectivity index (χ0v) is 9.62. The topological polar surface area (TPSA) is 110 Å². The van der Waals surface area contributed by atoms with Crippen molar-refractivity contribution in [2.75, 3.05) is 19.4 Å². The number of hydrogen-bond acceptors (Lipinski definition) is 6. The number of nitrogen functional groups attached to an aromatic ring is 1. The second kappa shape index (κ2) is 5.67. The number of nitrogens with two attached hydrogens (primary N) is 1. The minimum absolute atomic E-state index is 0.0264. The number of imide groups is 1. The molecule has 1 rings (SSSR count). The number of amides is 2. The van der Waals surface area contributed by atoms with Crippen LogP contribution >= 0.6 is 0 Å². The third kappa shape index (κ3) is 2.76. The van der Waals surface area contributed by atoms with Crippen LogP contribution in [-0.2, 0) is 9.59 Å². The van der Waals surface area contributed by atoms with Crippen molar-refractivity contribution in [3.63, 3.8) is 0 Å². The highest BCUT2D eigenvalue weighted by Crippen LogP contribution is 2.30. The quantitative estimate of drug-likeness (QED) is 0.313. The zero-order chi connectivity index (χ0) is 13.7. The Bertz CT molecular complexity index is 479. The zero-order valence-electron chi connectivity index (χ0n) is 9.62. The van der Waals surface area contributed by atoms with Crippen LogP contribution in [0.5, 0.6) is 11.5 Å². The normalized spacial score (nSPS) is 9.61. The molecule has 0 atom stereocenters. The first-order chi connectivity index (χ1) is 8.53. The summed E-state index contributed by atoms with van der Waals surface area (Å²) in [5.74, 6) is -0.743. The van der Waals surface area contributed by atoms with E-state index in [0.717, 1.165) is 0 Å². The van der Waals surface area contributed by atoms with Gasteiger partial charge in [0.2, 0.25) is 12.8 Å². The van der Waals surface area contributed by atoms with Gasteiger partial charge in [-0.25, -0.2) is 0 Å². The van der Waals surface area contributed by atoms with Gasteiger partial charge in [0, 0.05) is 6.07 Å². The molecule has 0 unspecified atom stereocenters. The SMILES string of the molecule is COc1cc(N)c(O)c(C(=O)CN(C=O)C=O)c1. The van der Waals surface area contributed by atoms with Crippen LogP contribution in [0.3, 0.4) is 0 Å². The van der Waals surface area contributed by atoms with E-state index in [1.165, 1.54) is 19.2 Å². The first-order valence-electron chi connectivity index (χ1n) is 4.89. The third-order valence-electron chi connectivity index (χ3n) is 2.25. The van der Waals surface area contributed by atoms with E-state index < -0.39 is 18.1 Å². The van der Waals surface area contributed by atoms with Crippen LogP contribution in [-0.4, -0.2) is 42.3 Å². The number of hydrogen-bond donors (Lipinski definition) is 2. The molecule has 2 amide bonds. The molecular formula is C11H12N2O5. The lowest BCUT2D eigenvalue weighted by atomic mass is 10.1. The number of methoxy groups -OCH3 is 1. The highest BCUT2D eigenvalue weighted by atomic mass is 16.5. The van der Waals surface area contributed by atoms with Gasteiger partial charge in [0.25, 0.3) is 0 Å². The number of aromatic hydroxyl groups is 1. The Morgan fingerprint density at radius 1 is 1.44 bits per heavy atom. The second-order valence-electron chi connectivity index (χ2n) is 3.42. The van der Waals surface area contributed by atoms with Crippen LogP contribution in [0.1, 0.15) is 10.4 Å². The molecule has 0 radical (unpaired) electrons. The summed E-state index contributed by atoms with van der Waals surface area (Å²) in [6.45, 7) is -0.479. The highest BCUT2D eigenvalue weighted by Gasteiger charge is 2.17. The molecule has 1 aromatic carbocycles. The minimum atomic E-state index is -0.627. The Morgan fingerprint density at radius 2 is 2.06 bits per heavy atom. The van der Waals surface area contributed by atoms with E-state index in [9.17, 15) is 19.5 Å². The first-order valence-corrected chi connectivity index (χ1v) is 4.89. The highest BCUT2D eigenvalue weighted by molar-refractivity contribution is 6.03. The molecule has 0 aliphatic heterocycles. The lowest BCUT2D eigenvalue weighted by Crippen LogP contribution is -2.27. The fourth-order valence-electron chi connectivity index (χ4n) is 1.31. The van der Waals surface area contributed by atoms with Crippen molar-refractivity contribution in [2.45, 2.75) is 0 Å². The van der Waals surface area contributed by atoms with Crippen LogP contribution in [0.15, 0.2) is 12.1 Å². The van der Waals surface area contributed by atoms with E-state index in [2.05, 4.69) is 0 Å². The monoisotopic (exact) mass is 252 g/mol. The summed E-state index contributed by atoms with van der Waals surface area (Å²) >= 11 is 0. The summed E-state index contributed by atoms with van der Waals surface area (Å²) in [7, 11) is 1.38. The Balaban J connectivity index is 3.08. The van der Waals surface area contributed by atoms with Gasteiger partial charge in [-0.2, -0.15) is 0 Å². The van der Waals surface area contributed by atoms with Gasteiger partial charge in [-0.05, 0) is 6.07 Å². The summed E-state index contributed by atoms with van der Waals surface area (Å²) in [6.07, 6.45) is 0.428. The number of phenols is 1. The average molecular weight is 252 g/mol. The van der Waals surface area contributed by atoms with Crippen molar-refractivity contribution in [3.05, 3.63) is 17.7 Å². The summed E-state index contributed by atoms with van der Waals surface area (Å²) in [4.78, 5) is 33.2. The third-order valence-corrected chi connectivity index (χ3v) is 2.25. The van der Waals surface area contributed by atoms with E-state index >= 15 is 0 Å². The predicted molar refractivity (Wildman–Crippen MR) is 62.2 cm³/mol. The summed E-state index contributed by atoms with van der Waals surface area (Å²) in [5, 5.41) is 9.65. The number of anilines is 1. The largest absolute Gasteiger partial charge is 0.505 e. The van der Waals surface area contributed by atoms with E-state index in [-0.39, 0.29) is 29.8 Å². The fraction of sp³-hybridized carbons (Fsp3) is 0.182. The summed E-state index contributed by atoms with van der Waals surface area (Å²) in [5.41, 5.74) is 5.36. The Hall–Kier alpha value is -2.57. The van der Waals surface area contributed by atoms with Crippen molar-refractivity contribution in [1.82, 2.24) is 4.90 Å². The van der Waals surface area contributed by atoms with Gasteiger partial charge in [0.1, 0.15) is 11.5 Å². The molecule has 0 saturated heterocycles. The fourth-order valence-corrected chi connectivity index (χ4v) is 1.31. The number of phenolic OH excluding ortho intramolecular Hbond substituents is 1. The second-order valence-corrected chi connectivity index (χ2v) is 3.42. The maximum Gasteiger partial charge on any atom is 0.216 e. The molecule has 1 aromatic rings. The van der Waals surface area contributed by atoms with Crippen molar-refractivity contribution in [3.8, 4) is 11.5 Å². The van der Waals surface area contributed by atoms with Gasteiger partial charge < -0.3 is 15.6 Å². The molecular weight excluding hydrogens is 240 g/mol. The number of Topliss-reactive ketones (excluding diaryl/α,β-unsaturated/α-hetero) is 1. The Morgan fingerprint density at radius 3 is 2.56 bits per heavy atom. The van der Waals surface area contributed by atoms with Crippen molar-refractivity contribution < 1.29 is 24.2 Å². The molecule has 3 N–H and O–H groups in total. The van der Waals surface area contributed by atoms with Crippen molar-refractivity contribution >= 4 is 24.3 Å². The number of nitrogens with zero attached hydrogens (tertiary/aromatic N) is 1. The van der Waals surface area contributed by atoms with Crippen LogP contribution in [0.4, 0.5) is 5.69 Å². The molecule has 0 aromatic heterocycles. The molecule has 0 spiro atoms. The van der Waals surface area contributed by atoms with Crippen LogP contribution < -0.4 is 10.5 Å². The molecule has 7 nitrogen and oxygen atoms in total. The number of rotatable bonds is 6. The summed E-state index contributed by atoms with van der Waals surface area (Å²) in [6, 6.07) is 2.63. The van der Waals surface area contributed by atoms with E-state index in [0.29, 0.717) is 4.90 Å². The van der Waals surface area contributed by atoms with E-state index in [1.54, 1.807) is 0 Å². The Kier molecular flexibility index (Phi) is 4.25. The Labute approximate surface area is 103 Å². The molecule has 96 valence electrons. The number of benzene rings is 1. The number of ketones is 1. The lowest BCUT2D eigenvalue weighted by molar-refractivity contribution is -0.128. The molecule has 18 heavy (non-hydrogen) atoms. The van der Waals surface area contributed by atoms with E-state index in [1.807, 2.05) is 0 Å². The molecule has 0 bridgehead atoms. The number of ether oxygens (including phenoxy) is 1. The van der Waals surface area contributed by atoms with Crippen LogP contribution in [0.25, 0.3) is 0 Å². The van der Waals surface area contributed by atoms with E-state index in [4.69, 9.17) is 10.5 Å². The van der Waals surface area contributed by atoms with Gasteiger partial charge in [0.05, 0.1) is 24.9 Å². The molecule has 0 fully saturated rings. The smallest absolute Gasteiger partial charge is 0.216 e. The van der Waals surface area contributed by atoms with Gasteiger partial charge in [-0.15, -0.1) is 0 Å². The maximum absolute atomic E-state index is 11.8. The predicted octanol–water partition coefficient (Wildman–Crippen LogP) is -0.220. The van der Waals surface area contributed by atoms with Gasteiger partial charge in [0.15, 0.2) is 5.78 Å². The van der Waals surface area contributed by atoms with Crippen molar-refractivity contribution in [1.29, 1.82) is 0 Å². The van der Waals surface area contributed by atoms with Gasteiger partial charge in [-0.1, -0.05) is 0 Å². The molecule has 7 heteroatoms. The molecule has 0 aliphatic rings. The molecule has 0 saturated carbocycles. The standard InChI is InChI=1S/C11H12N2O5/c1-18-7-2-8(11(17)9(12)3-7)10(16)4-13(5-14)6-15/h2-3,5-6,17H,4,12H2,1H3. The lowest BCUT2D eigenvalue weighted by Gasteiger charge is -2.11. The van der Waals surface area contributed by atoms with Crippen LogP contribution in [0, 0.1) is 0 Å². The molecule has 0 heterocycles. The first kappa shape index (κ1) is 13.5. The average Bonchev–Trinajstić information content (AvgIpc) is 2.38. The van der Waals surface area contributed by atoms with Crippen LogP contribution in [0.2, 0.25) is 0 Å². The maximum atomic E-state index is 11.8.